The Morgan fingerprint density at radius 3 is 2.45 bits per heavy atom. The third kappa shape index (κ3) is 4.93. The topological polar surface area (TPSA) is 62.7 Å². The van der Waals surface area contributed by atoms with Gasteiger partial charge in [-0.2, -0.15) is 0 Å². The number of benzene rings is 2. The van der Waals surface area contributed by atoms with Gasteiger partial charge in [0.1, 0.15) is 18.2 Å². The number of anilines is 2. The number of carboxylic acid groups (broad SMARTS) is 1. The van der Waals surface area contributed by atoms with E-state index in [0.29, 0.717) is 24.9 Å². The lowest BCUT2D eigenvalue weighted by Crippen LogP contribution is -2.18. The van der Waals surface area contributed by atoms with E-state index in [4.69, 9.17) is 9.84 Å². The highest BCUT2D eigenvalue weighted by molar-refractivity contribution is 5.87. The van der Waals surface area contributed by atoms with E-state index in [1.807, 2.05) is 48.2 Å². The molecule has 0 amide bonds. The van der Waals surface area contributed by atoms with E-state index in [-0.39, 0.29) is 5.56 Å². The largest absolute Gasteiger partial charge is 0.489 e. The molecule has 1 aromatic heterocycles. The minimum absolute atomic E-state index is 0.173. The van der Waals surface area contributed by atoms with Crippen LogP contribution in [0.15, 0.2) is 66.9 Å². The number of aromatic carboxylic acids is 1. The summed E-state index contributed by atoms with van der Waals surface area (Å²) in [4.78, 5) is 17.5. The molecule has 0 bridgehead atoms. The average molecular weight is 390 g/mol. The van der Waals surface area contributed by atoms with Crippen molar-refractivity contribution in [1.29, 1.82) is 0 Å². The normalized spacial score (nSPS) is 10.8. The predicted molar refractivity (Wildman–Crippen MR) is 115 cm³/mol. The van der Waals surface area contributed by atoms with Crippen molar-refractivity contribution in [2.75, 3.05) is 11.4 Å². The quantitative estimate of drug-likeness (QED) is 0.539. The van der Waals surface area contributed by atoms with Crippen LogP contribution < -0.4 is 9.64 Å². The molecule has 0 fully saturated rings. The summed E-state index contributed by atoms with van der Waals surface area (Å²) in [7, 11) is 0. The molecule has 29 heavy (non-hydrogen) atoms. The average Bonchev–Trinajstić information content (AvgIpc) is 2.74. The molecule has 0 saturated carbocycles. The minimum Gasteiger partial charge on any atom is -0.489 e. The molecule has 0 atom stereocenters. The highest BCUT2D eigenvalue weighted by Gasteiger charge is 2.15. The maximum Gasteiger partial charge on any atom is 0.337 e. The van der Waals surface area contributed by atoms with Crippen molar-refractivity contribution in [2.45, 2.75) is 33.3 Å². The van der Waals surface area contributed by atoms with Gasteiger partial charge in [0, 0.05) is 24.5 Å². The SMILES string of the molecule is CCN(c1ccc(C(C)C)c(OCc2ccccc2)c1)c1ccc(C(=O)O)cn1. The Labute approximate surface area is 171 Å². The zero-order chi connectivity index (χ0) is 20.8. The second-order valence-electron chi connectivity index (χ2n) is 7.11. The number of ether oxygens (including phenoxy) is 1. The van der Waals surface area contributed by atoms with Gasteiger partial charge < -0.3 is 14.7 Å². The third-order valence-electron chi connectivity index (χ3n) is 4.76. The van der Waals surface area contributed by atoms with Crippen LogP contribution in [0, 0.1) is 0 Å². The molecule has 0 radical (unpaired) electrons. The number of aromatic nitrogens is 1. The molecule has 5 heteroatoms. The molecule has 0 unspecified atom stereocenters. The fourth-order valence-electron chi connectivity index (χ4n) is 3.18. The molecule has 2 aromatic carbocycles. The molecule has 1 heterocycles. The van der Waals surface area contributed by atoms with Gasteiger partial charge in [0.25, 0.3) is 0 Å². The fraction of sp³-hybridized carbons (Fsp3) is 0.250. The van der Waals surface area contributed by atoms with Gasteiger partial charge in [0.2, 0.25) is 0 Å². The number of hydrogen-bond acceptors (Lipinski definition) is 4. The smallest absolute Gasteiger partial charge is 0.337 e. The van der Waals surface area contributed by atoms with Crippen molar-refractivity contribution in [3.8, 4) is 5.75 Å². The first kappa shape index (κ1) is 20.4. The van der Waals surface area contributed by atoms with Crippen LogP contribution in [0.3, 0.4) is 0 Å². The predicted octanol–water partition coefficient (Wildman–Crippen LogP) is 5.64. The van der Waals surface area contributed by atoms with Gasteiger partial charge in [-0.25, -0.2) is 9.78 Å². The van der Waals surface area contributed by atoms with Crippen LogP contribution in [0.25, 0.3) is 0 Å². The first-order chi connectivity index (χ1) is 14.0. The zero-order valence-corrected chi connectivity index (χ0v) is 17.0. The van der Waals surface area contributed by atoms with E-state index >= 15 is 0 Å². The van der Waals surface area contributed by atoms with Crippen LogP contribution in [0.1, 0.15) is 48.2 Å². The van der Waals surface area contributed by atoms with Crippen molar-refractivity contribution in [3.63, 3.8) is 0 Å². The number of hydrogen-bond donors (Lipinski definition) is 1. The highest BCUT2D eigenvalue weighted by atomic mass is 16.5. The summed E-state index contributed by atoms with van der Waals surface area (Å²) in [5, 5.41) is 9.09. The lowest BCUT2D eigenvalue weighted by Gasteiger charge is -2.24. The van der Waals surface area contributed by atoms with E-state index in [1.165, 1.54) is 6.20 Å². The third-order valence-corrected chi connectivity index (χ3v) is 4.76. The van der Waals surface area contributed by atoms with E-state index < -0.39 is 5.97 Å². The van der Waals surface area contributed by atoms with Gasteiger partial charge >= 0.3 is 5.97 Å². The van der Waals surface area contributed by atoms with E-state index in [2.05, 4.69) is 31.0 Å². The van der Waals surface area contributed by atoms with E-state index in [1.54, 1.807) is 12.1 Å². The van der Waals surface area contributed by atoms with Crippen molar-refractivity contribution >= 4 is 17.5 Å². The van der Waals surface area contributed by atoms with Gasteiger partial charge in [0.15, 0.2) is 0 Å². The Hall–Kier alpha value is -3.34. The van der Waals surface area contributed by atoms with E-state index in [9.17, 15) is 4.79 Å². The first-order valence-electron chi connectivity index (χ1n) is 9.77. The van der Waals surface area contributed by atoms with Crippen molar-refractivity contribution in [1.82, 2.24) is 4.98 Å². The maximum absolute atomic E-state index is 11.1. The molecule has 0 spiro atoms. The number of rotatable bonds is 8. The fourth-order valence-corrected chi connectivity index (χ4v) is 3.18. The van der Waals surface area contributed by atoms with Gasteiger partial charge in [-0.1, -0.05) is 50.2 Å². The standard InChI is InChI=1S/C24H26N2O3/c1-4-26(23-13-10-19(15-25-23)24(27)28)20-11-12-21(17(2)3)22(14-20)29-16-18-8-6-5-7-9-18/h5-15,17H,4,16H2,1-3H3,(H,27,28). The van der Waals surface area contributed by atoms with Crippen molar-refractivity contribution in [3.05, 3.63) is 83.6 Å². The summed E-state index contributed by atoms with van der Waals surface area (Å²) in [5.74, 6) is 0.897. The van der Waals surface area contributed by atoms with Crippen LogP contribution in [0.2, 0.25) is 0 Å². The Bertz CT molecular complexity index is 954. The summed E-state index contributed by atoms with van der Waals surface area (Å²) in [6.07, 6.45) is 1.38. The Balaban J connectivity index is 1.90. The monoisotopic (exact) mass is 390 g/mol. The van der Waals surface area contributed by atoms with Gasteiger partial charge in [0.05, 0.1) is 5.56 Å². The Morgan fingerprint density at radius 2 is 1.86 bits per heavy atom. The zero-order valence-electron chi connectivity index (χ0n) is 17.0. The summed E-state index contributed by atoms with van der Waals surface area (Å²) < 4.78 is 6.18. The van der Waals surface area contributed by atoms with E-state index in [0.717, 1.165) is 22.6 Å². The van der Waals surface area contributed by atoms with Crippen LogP contribution >= 0.6 is 0 Å². The van der Waals surface area contributed by atoms with Crippen LogP contribution in [0.5, 0.6) is 5.75 Å². The molecule has 0 aliphatic rings. The number of nitrogens with zero attached hydrogens (tertiary/aromatic N) is 2. The molecule has 3 rings (SSSR count). The van der Waals surface area contributed by atoms with Gasteiger partial charge in [-0.15, -0.1) is 0 Å². The second kappa shape index (κ2) is 9.24. The van der Waals surface area contributed by atoms with Gasteiger partial charge in [-0.05, 0) is 42.2 Å². The molecular weight excluding hydrogens is 364 g/mol. The van der Waals surface area contributed by atoms with Crippen LogP contribution in [-0.2, 0) is 6.61 Å². The highest BCUT2D eigenvalue weighted by Crippen LogP contribution is 2.34. The maximum atomic E-state index is 11.1. The molecule has 150 valence electrons. The first-order valence-corrected chi connectivity index (χ1v) is 9.77. The Kier molecular flexibility index (Phi) is 6.50. The molecule has 0 aliphatic carbocycles. The van der Waals surface area contributed by atoms with Crippen LogP contribution in [-0.4, -0.2) is 22.6 Å². The lowest BCUT2D eigenvalue weighted by molar-refractivity contribution is 0.0696. The Morgan fingerprint density at radius 1 is 1.10 bits per heavy atom. The van der Waals surface area contributed by atoms with Crippen LogP contribution in [0.4, 0.5) is 11.5 Å². The van der Waals surface area contributed by atoms with Crippen molar-refractivity contribution < 1.29 is 14.6 Å². The summed E-state index contributed by atoms with van der Waals surface area (Å²) in [5.41, 5.74) is 3.39. The van der Waals surface area contributed by atoms with Gasteiger partial charge in [-0.3, -0.25) is 0 Å². The molecule has 5 nitrogen and oxygen atoms in total. The molecule has 0 aliphatic heterocycles. The summed E-state index contributed by atoms with van der Waals surface area (Å²) in [6.45, 7) is 7.52. The number of pyridine rings is 1. The number of carboxylic acids is 1. The molecular formula is C24H26N2O3. The molecule has 1 N–H and O–H groups in total. The minimum atomic E-state index is -0.981. The molecule has 3 aromatic rings. The second-order valence-corrected chi connectivity index (χ2v) is 7.11. The molecule has 0 saturated heterocycles. The number of carbonyl (C=O) groups is 1. The summed E-state index contributed by atoms with van der Waals surface area (Å²) >= 11 is 0. The summed E-state index contributed by atoms with van der Waals surface area (Å²) in [6, 6.07) is 19.6. The lowest BCUT2D eigenvalue weighted by atomic mass is 10.0. The van der Waals surface area contributed by atoms with Crippen molar-refractivity contribution in [2.24, 2.45) is 0 Å².